The van der Waals surface area contributed by atoms with Gasteiger partial charge < -0.3 is 10.6 Å². The Morgan fingerprint density at radius 3 is 2.48 bits per heavy atom. The van der Waals surface area contributed by atoms with E-state index in [9.17, 15) is 13.6 Å². The Labute approximate surface area is 125 Å². The van der Waals surface area contributed by atoms with E-state index < -0.39 is 11.6 Å². The number of benzene rings is 2. The molecule has 110 valence electrons. The van der Waals surface area contributed by atoms with Gasteiger partial charge in [0.2, 0.25) is 5.91 Å². The van der Waals surface area contributed by atoms with Crippen molar-refractivity contribution in [3.8, 4) is 0 Å². The maximum atomic E-state index is 13.4. The van der Waals surface area contributed by atoms with Gasteiger partial charge in [0.15, 0.2) is 0 Å². The summed E-state index contributed by atoms with van der Waals surface area (Å²) in [4.78, 5) is 11.7. The quantitative estimate of drug-likeness (QED) is 0.889. The molecule has 0 fully saturated rings. The second-order valence-electron chi connectivity index (χ2n) is 4.39. The summed E-state index contributed by atoms with van der Waals surface area (Å²) in [6.07, 6.45) is 0. The van der Waals surface area contributed by atoms with Crippen molar-refractivity contribution in [3.63, 3.8) is 0 Å². The molecule has 0 aliphatic carbocycles. The predicted molar refractivity (Wildman–Crippen MR) is 78.1 cm³/mol. The molecule has 1 amide bonds. The number of hydrogen-bond donors (Lipinski definition) is 2. The predicted octanol–water partition coefficient (Wildman–Crippen LogP) is 3.35. The van der Waals surface area contributed by atoms with Crippen molar-refractivity contribution in [3.05, 3.63) is 64.7 Å². The van der Waals surface area contributed by atoms with E-state index in [0.29, 0.717) is 16.3 Å². The van der Waals surface area contributed by atoms with Gasteiger partial charge in [0.25, 0.3) is 0 Å². The number of carbonyl (C=O) groups excluding carboxylic acids is 1. The van der Waals surface area contributed by atoms with Crippen LogP contribution in [-0.2, 0) is 11.3 Å². The molecular formula is C15H13ClF2N2O. The van der Waals surface area contributed by atoms with Crippen LogP contribution >= 0.6 is 11.6 Å². The summed E-state index contributed by atoms with van der Waals surface area (Å²) >= 11 is 5.74. The van der Waals surface area contributed by atoms with Crippen LogP contribution in [0.5, 0.6) is 0 Å². The van der Waals surface area contributed by atoms with E-state index in [4.69, 9.17) is 11.6 Å². The minimum absolute atomic E-state index is 0.0133. The van der Waals surface area contributed by atoms with Crippen LogP contribution in [0.2, 0.25) is 5.02 Å². The Balaban J connectivity index is 1.80. The molecule has 0 unspecified atom stereocenters. The Hall–Kier alpha value is -1.98. The van der Waals surface area contributed by atoms with E-state index in [1.807, 2.05) is 0 Å². The van der Waals surface area contributed by atoms with Crippen molar-refractivity contribution in [2.75, 3.05) is 11.9 Å². The second-order valence-corrected chi connectivity index (χ2v) is 4.83. The highest BCUT2D eigenvalue weighted by Gasteiger charge is 2.05. The second kappa shape index (κ2) is 7.15. The molecule has 0 aromatic heterocycles. The summed E-state index contributed by atoms with van der Waals surface area (Å²) in [5.41, 5.74) is 0.926. The van der Waals surface area contributed by atoms with Crippen molar-refractivity contribution in [2.45, 2.75) is 6.54 Å². The zero-order valence-corrected chi connectivity index (χ0v) is 11.8. The van der Waals surface area contributed by atoms with Gasteiger partial charge in [-0.15, -0.1) is 0 Å². The normalized spacial score (nSPS) is 10.4. The standard InChI is InChI=1S/C15H13ClF2N2O/c16-11-2-5-13(6-3-11)20-15(21)9-19-8-10-1-4-12(17)7-14(10)18/h1-7,19H,8-9H2,(H,20,21). The van der Waals surface area contributed by atoms with Gasteiger partial charge in [-0.1, -0.05) is 17.7 Å². The number of carbonyl (C=O) groups is 1. The van der Waals surface area contributed by atoms with Crippen molar-refractivity contribution in [1.82, 2.24) is 5.32 Å². The molecule has 21 heavy (non-hydrogen) atoms. The van der Waals surface area contributed by atoms with Crippen LogP contribution in [0.1, 0.15) is 5.56 Å². The first kappa shape index (κ1) is 15.4. The molecule has 2 aromatic rings. The summed E-state index contributed by atoms with van der Waals surface area (Å²) in [7, 11) is 0. The molecular weight excluding hydrogens is 298 g/mol. The first-order chi connectivity index (χ1) is 10.0. The minimum Gasteiger partial charge on any atom is -0.325 e. The third kappa shape index (κ3) is 4.81. The van der Waals surface area contributed by atoms with Gasteiger partial charge in [0, 0.05) is 28.9 Å². The molecule has 0 aliphatic heterocycles. The van der Waals surface area contributed by atoms with E-state index in [1.54, 1.807) is 24.3 Å². The van der Waals surface area contributed by atoms with Crippen molar-refractivity contribution in [1.29, 1.82) is 0 Å². The molecule has 2 N–H and O–H groups in total. The smallest absolute Gasteiger partial charge is 0.238 e. The molecule has 2 aromatic carbocycles. The molecule has 0 saturated heterocycles. The third-order valence-electron chi connectivity index (χ3n) is 2.74. The summed E-state index contributed by atoms with van der Waals surface area (Å²) in [6, 6.07) is 10.0. The summed E-state index contributed by atoms with van der Waals surface area (Å²) in [5, 5.41) is 6.04. The maximum absolute atomic E-state index is 13.4. The molecule has 6 heteroatoms. The number of nitrogens with one attached hydrogen (secondary N) is 2. The highest BCUT2D eigenvalue weighted by Crippen LogP contribution is 2.13. The molecule has 3 nitrogen and oxygen atoms in total. The van der Waals surface area contributed by atoms with Crippen molar-refractivity contribution in [2.24, 2.45) is 0 Å². The first-order valence-corrected chi connectivity index (χ1v) is 6.62. The van der Waals surface area contributed by atoms with Crippen LogP contribution in [0.15, 0.2) is 42.5 Å². The van der Waals surface area contributed by atoms with Crippen LogP contribution in [0, 0.1) is 11.6 Å². The number of rotatable bonds is 5. The van der Waals surface area contributed by atoms with Crippen LogP contribution in [-0.4, -0.2) is 12.5 Å². The van der Waals surface area contributed by atoms with Gasteiger partial charge in [-0.25, -0.2) is 8.78 Å². The lowest BCUT2D eigenvalue weighted by Crippen LogP contribution is -2.28. The van der Waals surface area contributed by atoms with E-state index in [1.165, 1.54) is 12.1 Å². The maximum Gasteiger partial charge on any atom is 0.238 e. The summed E-state index contributed by atoms with van der Waals surface area (Å²) in [6.45, 7) is 0.152. The number of amides is 1. The number of halogens is 3. The van der Waals surface area contributed by atoms with E-state index in [2.05, 4.69) is 10.6 Å². The molecule has 0 atom stereocenters. The van der Waals surface area contributed by atoms with Gasteiger partial charge in [-0.3, -0.25) is 4.79 Å². The zero-order valence-electron chi connectivity index (χ0n) is 11.0. The number of anilines is 1. The van der Waals surface area contributed by atoms with E-state index >= 15 is 0 Å². The third-order valence-corrected chi connectivity index (χ3v) is 3.00. The summed E-state index contributed by atoms with van der Waals surface area (Å²) < 4.78 is 26.1. The monoisotopic (exact) mass is 310 g/mol. The van der Waals surface area contributed by atoms with Crippen LogP contribution in [0.4, 0.5) is 14.5 Å². The fourth-order valence-corrected chi connectivity index (χ4v) is 1.84. The fraction of sp³-hybridized carbons (Fsp3) is 0.133. The molecule has 0 saturated carbocycles. The van der Waals surface area contributed by atoms with Crippen molar-refractivity contribution >= 4 is 23.2 Å². The van der Waals surface area contributed by atoms with Gasteiger partial charge in [-0.2, -0.15) is 0 Å². The van der Waals surface area contributed by atoms with E-state index in [0.717, 1.165) is 6.07 Å². The lowest BCUT2D eigenvalue weighted by Gasteiger charge is -2.07. The average Bonchev–Trinajstić information content (AvgIpc) is 2.44. The molecule has 0 aliphatic rings. The van der Waals surface area contributed by atoms with Crippen molar-refractivity contribution < 1.29 is 13.6 Å². The Morgan fingerprint density at radius 1 is 1.10 bits per heavy atom. The largest absolute Gasteiger partial charge is 0.325 e. The highest BCUT2D eigenvalue weighted by atomic mass is 35.5. The van der Waals surface area contributed by atoms with E-state index in [-0.39, 0.29) is 19.0 Å². The molecule has 0 heterocycles. The lowest BCUT2D eigenvalue weighted by atomic mass is 10.2. The highest BCUT2D eigenvalue weighted by molar-refractivity contribution is 6.30. The average molecular weight is 311 g/mol. The Morgan fingerprint density at radius 2 is 1.81 bits per heavy atom. The SMILES string of the molecule is O=C(CNCc1ccc(F)cc1F)Nc1ccc(Cl)cc1. The molecule has 0 bridgehead atoms. The topological polar surface area (TPSA) is 41.1 Å². The number of hydrogen-bond acceptors (Lipinski definition) is 2. The molecule has 0 spiro atoms. The van der Waals surface area contributed by atoms with Crippen LogP contribution in [0.3, 0.4) is 0 Å². The van der Waals surface area contributed by atoms with Crippen LogP contribution in [0.25, 0.3) is 0 Å². The van der Waals surface area contributed by atoms with Gasteiger partial charge in [-0.05, 0) is 30.3 Å². The lowest BCUT2D eigenvalue weighted by molar-refractivity contribution is -0.115. The van der Waals surface area contributed by atoms with Gasteiger partial charge in [0.1, 0.15) is 11.6 Å². The van der Waals surface area contributed by atoms with Gasteiger partial charge >= 0.3 is 0 Å². The first-order valence-electron chi connectivity index (χ1n) is 6.24. The van der Waals surface area contributed by atoms with Gasteiger partial charge in [0.05, 0.1) is 6.54 Å². The Kier molecular flexibility index (Phi) is 5.25. The molecule has 0 radical (unpaired) electrons. The zero-order chi connectivity index (χ0) is 15.2. The van der Waals surface area contributed by atoms with Crippen LogP contribution < -0.4 is 10.6 Å². The Bertz CT molecular complexity index is 632. The minimum atomic E-state index is -0.638. The summed E-state index contributed by atoms with van der Waals surface area (Å²) in [5.74, 6) is -1.53. The fourth-order valence-electron chi connectivity index (χ4n) is 1.71. The molecule has 2 rings (SSSR count).